The fourth-order valence-corrected chi connectivity index (χ4v) is 4.59. The minimum atomic E-state index is 0.535. The summed E-state index contributed by atoms with van der Waals surface area (Å²) in [5.41, 5.74) is 1.07. The molecule has 0 radical (unpaired) electrons. The third-order valence-corrected chi connectivity index (χ3v) is 5.55. The van der Waals surface area contributed by atoms with Crippen molar-refractivity contribution < 1.29 is 0 Å². The van der Waals surface area contributed by atoms with Crippen LogP contribution in [0.3, 0.4) is 0 Å². The molecule has 124 valence electrons. The van der Waals surface area contributed by atoms with E-state index in [9.17, 15) is 0 Å². The lowest BCUT2D eigenvalue weighted by Gasteiger charge is -2.43. The summed E-state index contributed by atoms with van der Waals surface area (Å²) in [4.78, 5) is 2.76. The molecule has 0 aromatic rings. The summed E-state index contributed by atoms with van der Waals surface area (Å²) in [5.74, 6) is 1.67. The Kier molecular flexibility index (Phi) is 5.76. The zero-order valence-electron chi connectivity index (χ0n) is 15.2. The molecule has 1 heterocycles. The first-order chi connectivity index (χ1) is 9.80. The molecule has 2 heteroatoms. The number of rotatable bonds is 6. The Bertz CT molecular complexity index is 324. The van der Waals surface area contributed by atoms with Gasteiger partial charge in [0.15, 0.2) is 0 Å². The molecule has 2 fully saturated rings. The lowest BCUT2D eigenvalue weighted by Crippen LogP contribution is -2.47. The van der Waals surface area contributed by atoms with Gasteiger partial charge in [-0.25, -0.2) is 0 Å². The first-order valence-electron chi connectivity index (χ1n) is 9.23. The average molecular weight is 295 g/mol. The van der Waals surface area contributed by atoms with E-state index in [2.05, 4.69) is 44.8 Å². The topological polar surface area (TPSA) is 15.3 Å². The van der Waals surface area contributed by atoms with Gasteiger partial charge in [-0.3, -0.25) is 0 Å². The van der Waals surface area contributed by atoms with Crippen LogP contribution in [0.5, 0.6) is 0 Å². The van der Waals surface area contributed by atoms with E-state index in [-0.39, 0.29) is 0 Å². The molecule has 2 aliphatic rings. The van der Waals surface area contributed by atoms with Gasteiger partial charge < -0.3 is 10.2 Å². The first-order valence-corrected chi connectivity index (χ1v) is 9.23. The van der Waals surface area contributed by atoms with Gasteiger partial charge in [0.05, 0.1) is 0 Å². The lowest BCUT2D eigenvalue weighted by molar-refractivity contribution is 0.0861. The Morgan fingerprint density at radius 2 is 2.00 bits per heavy atom. The predicted molar refractivity (Wildman–Crippen MR) is 92.6 cm³/mol. The maximum Gasteiger partial charge on any atom is 0.00505 e. The fourth-order valence-electron chi connectivity index (χ4n) is 4.59. The Balaban J connectivity index is 1.95. The molecule has 0 bridgehead atoms. The summed E-state index contributed by atoms with van der Waals surface area (Å²) >= 11 is 0. The second-order valence-corrected chi connectivity index (χ2v) is 9.35. The van der Waals surface area contributed by atoms with E-state index in [1.807, 2.05) is 0 Å². The molecule has 1 aliphatic heterocycles. The summed E-state index contributed by atoms with van der Waals surface area (Å²) < 4.78 is 0. The van der Waals surface area contributed by atoms with Crippen LogP contribution in [0, 0.1) is 22.7 Å². The molecule has 0 spiro atoms. The van der Waals surface area contributed by atoms with Gasteiger partial charge in [0.2, 0.25) is 0 Å². The maximum absolute atomic E-state index is 3.78. The first kappa shape index (κ1) is 17.3. The zero-order valence-corrected chi connectivity index (χ0v) is 15.2. The van der Waals surface area contributed by atoms with Crippen molar-refractivity contribution in [1.82, 2.24) is 10.2 Å². The monoisotopic (exact) mass is 294 g/mol. The highest BCUT2D eigenvalue weighted by molar-refractivity contribution is 4.93. The van der Waals surface area contributed by atoms with E-state index < -0.39 is 0 Å². The van der Waals surface area contributed by atoms with Gasteiger partial charge in [-0.15, -0.1) is 0 Å². The largest absolute Gasteiger partial charge is 0.316 e. The second-order valence-electron chi connectivity index (χ2n) is 9.35. The van der Waals surface area contributed by atoms with Crippen molar-refractivity contribution in [3.8, 4) is 0 Å². The highest BCUT2D eigenvalue weighted by Gasteiger charge is 2.39. The quantitative estimate of drug-likeness (QED) is 0.791. The highest BCUT2D eigenvalue weighted by Crippen LogP contribution is 2.41. The van der Waals surface area contributed by atoms with Crippen LogP contribution in [0.2, 0.25) is 0 Å². The number of hydrogen-bond donors (Lipinski definition) is 1. The maximum atomic E-state index is 3.78. The molecule has 1 N–H and O–H groups in total. The van der Waals surface area contributed by atoms with E-state index in [0.29, 0.717) is 10.8 Å². The highest BCUT2D eigenvalue weighted by atomic mass is 15.2. The average Bonchev–Trinajstić information content (AvgIpc) is 2.67. The summed E-state index contributed by atoms with van der Waals surface area (Å²) in [7, 11) is 0. The summed E-state index contributed by atoms with van der Waals surface area (Å²) in [6.45, 7) is 18.3. The molecule has 2 nitrogen and oxygen atoms in total. The predicted octanol–water partition coefficient (Wildman–Crippen LogP) is 4.16. The van der Waals surface area contributed by atoms with Crippen molar-refractivity contribution in [3.63, 3.8) is 0 Å². The number of likely N-dealkylation sites (tertiary alicyclic amines) is 1. The zero-order chi connectivity index (χ0) is 15.5. The summed E-state index contributed by atoms with van der Waals surface area (Å²) in [6, 6.07) is 0. The van der Waals surface area contributed by atoms with Crippen LogP contribution >= 0.6 is 0 Å². The Hall–Kier alpha value is -0.0800. The van der Waals surface area contributed by atoms with Crippen LogP contribution in [0.1, 0.15) is 66.7 Å². The molecule has 1 saturated heterocycles. The van der Waals surface area contributed by atoms with Crippen molar-refractivity contribution >= 4 is 0 Å². The van der Waals surface area contributed by atoms with E-state index in [1.165, 1.54) is 64.8 Å². The lowest BCUT2D eigenvalue weighted by atomic mass is 9.69. The minimum absolute atomic E-state index is 0.535. The summed E-state index contributed by atoms with van der Waals surface area (Å²) in [6.07, 6.45) is 7.10. The standard InChI is InChI=1S/C19H38N2/c1-16(2)12-20-13-19(8-6-7-17(3)11-19)15-21-10-9-18(4,5)14-21/h16-17,20H,6-15H2,1-5H3. The number of nitrogens with one attached hydrogen (secondary N) is 1. The molecule has 0 amide bonds. The SMILES string of the molecule is CC(C)CNCC1(CN2CCC(C)(C)C2)CCCC(C)C1. The molecule has 2 atom stereocenters. The van der Waals surface area contributed by atoms with Crippen molar-refractivity contribution in [2.75, 3.05) is 32.7 Å². The number of hydrogen-bond acceptors (Lipinski definition) is 2. The second kappa shape index (κ2) is 7.00. The fraction of sp³-hybridized carbons (Fsp3) is 1.00. The van der Waals surface area contributed by atoms with Crippen LogP contribution in [0.15, 0.2) is 0 Å². The minimum Gasteiger partial charge on any atom is -0.316 e. The smallest absolute Gasteiger partial charge is 0.00505 e. The van der Waals surface area contributed by atoms with Gasteiger partial charge in [-0.2, -0.15) is 0 Å². The molecule has 0 aromatic carbocycles. The Labute approximate surface area is 133 Å². The van der Waals surface area contributed by atoms with Crippen LogP contribution in [-0.2, 0) is 0 Å². The van der Waals surface area contributed by atoms with Crippen molar-refractivity contribution in [1.29, 1.82) is 0 Å². The molecule has 21 heavy (non-hydrogen) atoms. The van der Waals surface area contributed by atoms with Crippen molar-refractivity contribution in [2.24, 2.45) is 22.7 Å². The molecular weight excluding hydrogens is 256 g/mol. The van der Waals surface area contributed by atoms with Gasteiger partial charge in [-0.1, -0.05) is 47.5 Å². The third kappa shape index (κ3) is 5.25. The normalized spacial score (nSPS) is 33.7. The summed E-state index contributed by atoms with van der Waals surface area (Å²) in [5, 5.41) is 3.78. The third-order valence-electron chi connectivity index (χ3n) is 5.55. The van der Waals surface area contributed by atoms with E-state index >= 15 is 0 Å². The van der Waals surface area contributed by atoms with Gasteiger partial charge >= 0.3 is 0 Å². The molecule has 2 unspecified atom stereocenters. The van der Waals surface area contributed by atoms with Gasteiger partial charge in [0.1, 0.15) is 0 Å². The molecule has 2 rings (SSSR count). The van der Waals surface area contributed by atoms with E-state index in [0.717, 1.165) is 11.8 Å². The van der Waals surface area contributed by atoms with E-state index in [1.54, 1.807) is 0 Å². The van der Waals surface area contributed by atoms with Gasteiger partial charge in [0.25, 0.3) is 0 Å². The van der Waals surface area contributed by atoms with Crippen LogP contribution in [0.25, 0.3) is 0 Å². The Morgan fingerprint density at radius 3 is 2.57 bits per heavy atom. The Morgan fingerprint density at radius 1 is 1.24 bits per heavy atom. The van der Waals surface area contributed by atoms with Gasteiger partial charge in [-0.05, 0) is 55.0 Å². The van der Waals surface area contributed by atoms with Crippen LogP contribution in [-0.4, -0.2) is 37.6 Å². The van der Waals surface area contributed by atoms with Crippen LogP contribution in [0.4, 0.5) is 0 Å². The van der Waals surface area contributed by atoms with Gasteiger partial charge in [0, 0.05) is 19.6 Å². The molecule has 0 aromatic heterocycles. The molecule has 1 saturated carbocycles. The van der Waals surface area contributed by atoms with Crippen LogP contribution < -0.4 is 5.32 Å². The molecule has 1 aliphatic carbocycles. The van der Waals surface area contributed by atoms with E-state index in [4.69, 9.17) is 0 Å². The molecular formula is C19H38N2. The number of nitrogens with zero attached hydrogens (tertiary/aromatic N) is 1. The van der Waals surface area contributed by atoms with Crippen molar-refractivity contribution in [3.05, 3.63) is 0 Å². The van der Waals surface area contributed by atoms with Crippen molar-refractivity contribution in [2.45, 2.75) is 66.7 Å².